The minimum absolute atomic E-state index is 0.0233. The van der Waals surface area contributed by atoms with Gasteiger partial charge in [-0.2, -0.15) is 4.98 Å². The highest BCUT2D eigenvalue weighted by Gasteiger charge is 2.47. The van der Waals surface area contributed by atoms with E-state index < -0.39 is 23.0 Å². The minimum atomic E-state index is -1.08. The van der Waals surface area contributed by atoms with Gasteiger partial charge in [0.25, 0.3) is 5.91 Å². The van der Waals surface area contributed by atoms with E-state index in [-0.39, 0.29) is 51.1 Å². The number of fused-ring (bicyclic) bond motifs is 1. The minimum Gasteiger partial charge on any atom is -0.477 e. The van der Waals surface area contributed by atoms with Crippen LogP contribution in [0, 0.1) is 0 Å². The van der Waals surface area contributed by atoms with E-state index in [1.165, 1.54) is 41.9 Å². The fourth-order valence-electron chi connectivity index (χ4n) is 3.54. The summed E-state index contributed by atoms with van der Waals surface area (Å²) in [5.74, 6) is -0.925. The Balaban J connectivity index is 1.46. The first-order valence-corrected chi connectivity index (χ1v) is 12.9. The lowest BCUT2D eigenvalue weighted by Gasteiger charge is -2.52. The van der Waals surface area contributed by atoms with Crippen LogP contribution in [0.15, 0.2) is 36.6 Å². The van der Waals surface area contributed by atoms with Crippen LogP contribution in [0.3, 0.4) is 0 Å². The predicted molar refractivity (Wildman–Crippen MR) is 130 cm³/mol. The summed E-state index contributed by atoms with van der Waals surface area (Å²) in [5.41, 5.74) is 4.98. The largest absolute Gasteiger partial charge is 0.477 e. The van der Waals surface area contributed by atoms with Gasteiger partial charge in [-0.15, -0.1) is 23.1 Å². The average molecular weight is 541 g/mol. The normalized spacial score (nSPS) is 19.7. The van der Waals surface area contributed by atoms with E-state index in [4.69, 9.17) is 10.6 Å². The topological polar surface area (TPSA) is 198 Å². The van der Waals surface area contributed by atoms with Gasteiger partial charge >= 0.3 is 17.1 Å². The molecule has 2 aromatic heterocycles. The number of carbonyl (C=O) groups is 2. The van der Waals surface area contributed by atoms with Crippen molar-refractivity contribution in [1.82, 2.24) is 30.0 Å². The number of nitrogens with one attached hydrogen (secondary N) is 2. The highest BCUT2D eigenvalue weighted by atomic mass is 32.2. The molecule has 14 nitrogen and oxygen atoms in total. The average Bonchev–Trinajstić information content (AvgIpc) is 3.22. The number of thiazole rings is 1. The summed E-state index contributed by atoms with van der Waals surface area (Å²) < 4.78 is 1.32. The van der Waals surface area contributed by atoms with E-state index in [1.54, 1.807) is 10.3 Å². The summed E-state index contributed by atoms with van der Waals surface area (Å²) in [6.07, 6.45) is 0. The molecule has 186 valence electrons. The third-order valence-corrected chi connectivity index (χ3v) is 8.33. The van der Waals surface area contributed by atoms with Crippen molar-refractivity contribution in [3.05, 3.63) is 43.1 Å². The zero-order chi connectivity index (χ0) is 25.3. The number of aryl methyl sites for hydroxylation is 1. The molecule has 1 saturated heterocycles. The molecule has 1 fully saturated rings. The van der Waals surface area contributed by atoms with Crippen LogP contribution in [0.2, 0.25) is 0 Å². The SMILES string of the molecule is CO/N=C(\C(=O)N[C@@H]1CN2C(C(=O)O)=C(CSc3nc(=O)c(=O)[nH]n3C)CS[C@H]12)c1csc(N)n1. The Morgan fingerprint density at radius 3 is 2.86 bits per heavy atom. The standard InChI is InChI=1S/C18H20N8O6S3/c1-25-18(22-13(28)14(29)23-25)35-5-7-4-33-15-8(3-26(15)11(7)16(30)31)20-12(27)10(24-32-2)9-6-34-17(19)21-9/h6,8,15H,3-5H2,1-2H3,(H2,19,21)(H,20,27)(H,23,29)(H,30,31)/b24-10-/t8-,15-/m1/s1. The second-order valence-electron chi connectivity index (χ2n) is 7.37. The molecule has 2 atom stereocenters. The first-order valence-electron chi connectivity index (χ1n) is 9.96. The molecule has 5 N–H and O–H groups in total. The number of rotatable bonds is 8. The summed E-state index contributed by atoms with van der Waals surface area (Å²) in [6.45, 7) is 0.286. The molecular weight excluding hydrogens is 520 g/mol. The molecule has 2 aliphatic heterocycles. The molecule has 0 unspecified atom stereocenters. The van der Waals surface area contributed by atoms with Crippen molar-refractivity contribution >= 4 is 57.6 Å². The Hall–Kier alpha value is -3.31. The molecule has 1 amide bonds. The van der Waals surface area contributed by atoms with Crippen molar-refractivity contribution in [3.8, 4) is 0 Å². The number of thioether (sulfide) groups is 2. The molecule has 4 rings (SSSR count). The van der Waals surface area contributed by atoms with Gasteiger partial charge in [0.05, 0.1) is 11.4 Å². The maximum atomic E-state index is 12.8. The fourth-order valence-corrected chi connectivity index (χ4v) is 6.51. The van der Waals surface area contributed by atoms with Gasteiger partial charge in [-0.05, 0) is 5.57 Å². The van der Waals surface area contributed by atoms with Gasteiger partial charge in [0.1, 0.15) is 18.5 Å². The number of nitrogens with two attached hydrogens (primary N) is 1. The molecule has 0 spiro atoms. The number of carbonyl (C=O) groups excluding carboxylic acids is 1. The van der Waals surface area contributed by atoms with Crippen LogP contribution in [0.5, 0.6) is 0 Å². The lowest BCUT2D eigenvalue weighted by Crippen LogP contribution is -2.67. The molecule has 0 aliphatic carbocycles. The summed E-state index contributed by atoms with van der Waals surface area (Å²) in [7, 11) is 2.85. The van der Waals surface area contributed by atoms with Crippen LogP contribution in [0.4, 0.5) is 5.13 Å². The predicted octanol–water partition coefficient (Wildman–Crippen LogP) is -1.14. The van der Waals surface area contributed by atoms with Crippen molar-refractivity contribution < 1.29 is 19.5 Å². The summed E-state index contributed by atoms with van der Waals surface area (Å²) >= 11 is 3.80. The van der Waals surface area contributed by atoms with Gasteiger partial charge in [-0.25, -0.2) is 9.78 Å². The molecule has 35 heavy (non-hydrogen) atoms. The first-order chi connectivity index (χ1) is 16.7. The van der Waals surface area contributed by atoms with E-state index >= 15 is 0 Å². The van der Waals surface area contributed by atoms with E-state index in [0.29, 0.717) is 11.3 Å². The number of anilines is 1. The third-order valence-electron chi connectivity index (χ3n) is 5.10. The van der Waals surface area contributed by atoms with Gasteiger partial charge in [-0.3, -0.25) is 24.2 Å². The van der Waals surface area contributed by atoms with Gasteiger partial charge < -0.3 is 25.9 Å². The van der Waals surface area contributed by atoms with Gasteiger partial charge in [-0.1, -0.05) is 16.9 Å². The number of nitrogens with zero attached hydrogens (tertiary/aromatic N) is 5. The number of carboxylic acids is 1. The van der Waals surface area contributed by atoms with Crippen LogP contribution in [-0.4, -0.2) is 83.9 Å². The molecule has 2 aromatic rings. The number of aliphatic carboxylic acids is 1. The van der Waals surface area contributed by atoms with Gasteiger partial charge in [0, 0.05) is 30.5 Å². The van der Waals surface area contributed by atoms with Crippen LogP contribution in [-0.2, 0) is 21.5 Å². The maximum Gasteiger partial charge on any atom is 0.352 e. The number of oxime groups is 1. The number of aromatic nitrogens is 4. The van der Waals surface area contributed by atoms with Crippen LogP contribution >= 0.6 is 34.9 Å². The van der Waals surface area contributed by atoms with Gasteiger partial charge in [0.2, 0.25) is 0 Å². The lowest BCUT2D eigenvalue weighted by molar-refractivity contribution is -0.135. The van der Waals surface area contributed by atoms with Crippen LogP contribution in [0.1, 0.15) is 5.69 Å². The number of hydrogen-bond acceptors (Lipinski definition) is 13. The Kier molecular flexibility index (Phi) is 7.18. The summed E-state index contributed by atoms with van der Waals surface area (Å²) in [4.78, 5) is 62.1. The molecule has 4 heterocycles. The van der Waals surface area contributed by atoms with Crippen molar-refractivity contribution in [1.29, 1.82) is 0 Å². The molecule has 0 bridgehead atoms. The molecular formula is C18H20N8O6S3. The van der Waals surface area contributed by atoms with E-state index in [2.05, 4.69) is 25.5 Å². The third kappa shape index (κ3) is 5.06. The smallest absolute Gasteiger partial charge is 0.352 e. The van der Waals surface area contributed by atoms with Crippen molar-refractivity contribution in [2.45, 2.75) is 16.6 Å². The van der Waals surface area contributed by atoms with Gasteiger partial charge in [0.15, 0.2) is 16.0 Å². The number of H-pyrrole nitrogens is 1. The summed E-state index contributed by atoms with van der Waals surface area (Å²) in [5, 5.41) is 20.7. The second-order valence-corrected chi connectivity index (χ2v) is 10.3. The van der Waals surface area contributed by atoms with Crippen molar-refractivity contribution in [2.24, 2.45) is 12.2 Å². The second kappa shape index (κ2) is 10.1. The zero-order valence-electron chi connectivity index (χ0n) is 18.4. The van der Waals surface area contributed by atoms with E-state index in [0.717, 1.165) is 11.8 Å². The highest BCUT2D eigenvalue weighted by Crippen LogP contribution is 2.40. The van der Waals surface area contributed by atoms with Crippen molar-refractivity contribution in [3.63, 3.8) is 0 Å². The van der Waals surface area contributed by atoms with Crippen LogP contribution < -0.4 is 22.2 Å². The first kappa shape index (κ1) is 24.8. The zero-order valence-corrected chi connectivity index (χ0v) is 20.8. The Morgan fingerprint density at radius 2 is 2.20 bits per heavy atom. The summed E-state index contributed by atoms with van der Waals surface area (Å²) in [6, 6.07) is -0.323. The van der Waals surface area contributed by atoms with Crippen molar-refractivity contribution in [2.75, 3.05) is 30.9 Å². The van der Waals surface area contributed by atoms with E-state index in [1.807, 2.05) is 0 Å². The number of amides is 1. The number of hydrogen-bond donors (Lipinski definition) is 4. The van der Waals surface area contributed by atoms with E-state index in [9.17, 15) is 24.3 Å². The maximum absolute atomic E-state index is 12.8. The fraction of sp³-hybridized carbons (Fsp3) is 0.389. The molecule has 0 saturated carbocycles. The highest BCUT2D eigenvalue weighted by molar-refractivity contribution is 8.00. The molecule has 0 aromatic carbocycles. The Bertz CT molecular complexity index is 1350. The van der Waals surface area contributed by atoms with Crippen LogP contribution in [0.25, 0.3) is 0 Å². The monoisotopic (exact) mass is 540 g/mol. The molecule has 0 radical (unpaired) electrons. The number of aromatic amines is 1. The Morgan fingerprint density at radius 1 is 1.43 bits per heavy atom. The molecule has 17 heteroatoms. The Labute approximate surface area is 209 Å². The lowest BCUT2D eigenvalue weighted by atomic mass is 10.0. The quantitative estimate of drug-likeness (QED) is 0.136. The number of carboxylic acid groups (broad SMARTS) is 1. The number of nitrogen functional groups attached to an aromatic ring is 1. The molecule has 2 aliphatic rings.